The van der Waals surface area contributed by atoms with E-state index in [0.29, 0.717) is 29.5 Å². The summed E-state index contributed by atoms with van der Waals surface area (Å²) in [6.07, 6.45) is -1.65. The van der Waals surface area contributed by atoms with Gasteiger partial charge in [0, 0.05) is 44.4 Å². The Hall–Kier alpha value is -4.45. The molecule has 0 atom stereocenters. The smallest absolute Gasteiger partial charge is 0.493 e. The number of hydrogen-bond donors (Lipinski definition) is 2. The monoisotopic (exact) mass is 570 g/mol. The molecule has 1 aliphatic heterocycles. The summed E-state index contributed by atoms with van der Waals surface area (Å²) in [5.41, 5.74) is 2.19. The van der Waals surface area contributed by atoms with Gasteiger partial charge in [-0.3, -0.25) is 9.20 Å². The number of pyridine rings is 1. The Balaban J connectivity index is 1.16. The van der Waals surface area contributed by atoms with Gasteiger partial charge in [-0.1, -0.05) is 12.1 Å². The van der Waals surface area contributed by atoms with E-state index in [4.69, 9.17) is 9.47 Å². The highest BCUT2D eigenvalue weighted by Crippen LogP contribution is 2.28. The Morgan fingerprint density at radius 1 is 1.02 bits per heavy atom. The van der Waals surface area contributed by atoms with Gasteiger partial charge in [0.1, 0.15) is 23.4 Å². The molecule has 4 aromatic rings. The molecule has 1 fully saturated rings. The molecule has 0 radical (unpaired) electrons. The number of nitrogens with one attached hydrogen (secondary N) is 1. The molecule has 12 heteroatoms. The second-order valence-electron chi connectivity index (χ2n) is 9.52. The van der Waals surface area contributed by atoms with Crippen LogP contribution >= 0.6 is 0 Å². The van der Waals surface area contributed by atoms with Crippen LogP contribution in [0.5, 0.6) is 17.2 Å². The lowest BCUT2D eigenvalue weighted by Crippen LogP contribution is -2.38. The van der Waals surface area contributed by atoms with Crippen molar-refractivity contribution in [3.05, 3.63) is 88.3 Å². The molecule has 5 rings (SSSR count). The molecule has 0 amide bonds. The van der Waals surface area contributed by atoms with E-state index in [-0.39, 0.29) is 23.0 Å². The van der Waals surface area contributed by atoms with Crippen LogP contribution in [0.1, 0.15) is 24.0 Å². The Labute approximate surface area is 233 Å². The van der Waals surface area contributed by atoms with Gasteiger partial charge in [0.05, 0.1) is 19.3 Å². The van der Waals surface area contributed by atoms with Crippen molar-refractivity contribution >= 4 is 17.2 Å². The lowest BCUT2D eigenvalue weighted by molar-refractivity contribution is -0.274. The zero-order chi connectivity index (χ0) is 29.0. The molecule has 0 spiro atoms. The van der Waals surface area contributed by atoms with Crippen LogP contribution in [-0.4, -0.2) is 47.2 Å². The number of aromatic nitrogens is 2. The number of rotatable bonds is 9. The topological polar surface area (TPSA) is 97.6 Å². The molecule has 0 saturated carbocycles. The maximum atomic E-state index is 12.9. The van der Waals surface area contributed by atoms with Gasteiger partial charge in [0.2, 0.25) is 0 Å². The molecule has 0 unspecified atom stereocenters. The average Bonchev–Trinajstić information content (AvgIpc) is 2.97. The minimum Gasteiger partial charge on any atom is -0.493 e. The van der Waals surface area contributed by atoms with Crippen molar-refractivity contribution < 1.29 is 32.5 Å². The van der Waals surface area contributed by atoms with Crippen molar-refractivity contribution in [3.8, 4) is 17.2 Å². The van der Waals surface area contributed by atoms with E-state index in [0.717, 1.165) is 37.2 Å². The van der Waals surface area contributed by atoms with E-state index in [1.54, 1.807) is 18.3 Å². The second-order valence-corrected chi connectivity index (χ2v) is 9.52. The predicted molar refractivity (Wildman–Crippen MR) is 147 cm³/mol. The third-order valence-electron chi connectivity index (χ3n) is 6.85. The van der Waals surface area contributed by atoms with E-state index >= 15 is 0 Å². The maximum Gasteiger partial charge on any atom is 0.573 e. The summed E-state index contributed by atoms with van der Waals surface area (Å²) in [5.74, 6) is 0.969. The minimum atomic E-state index is -4.72. The molecule has 0 bridgehead atoms. The average molecular weight is 571 g/mol. The highest BCUT2D eigenvalue weighted by molar-refractivity contribution is 5.59. The number of anilines is 2. The lowest BCUT2D eigenvalue weighted by atomic mass is 10.1. The fourth-order valence-corrected chi connectivity index (χ4v) is 4.78. The number of benzene rings is 2. The fraction of sp³-hybridized carbons (Fsp3) is 0.310. The van der Waals surface area contributed by atoms with Gasteiger partial charge in [0.25, 0.3) is 5.56 Å². The van der Waals surface area contributed by atoms with Crippen molar-refractivity contribution in [2.75, 3.05) is 30.4 Å². The molecular weight excluding hydrogens is 541 g/mol. The molecule has 2 aromatic carbocycles. The zero-order valence-corrected chi connectivity index (χ0v) is 22.2. The number of ether oxygens (including phenoxy) is 3. The van der Waals surface area contributed by atoms with Gasteiger partial charge in [-0.15, -0.1) is 13.2 Å². The number of hydrogen-bond acceptors (Lipinski definition) is 8. The van der Waals surface area contributed by atoms with Gasteiger partial charge in [-0.25, -0.2) is 4.98 Å². The number of fused-ring (bicyclic) bond motifs is 1. The number of aliphatic hydroxyl groups excluding tert-OH is 1. The highest BCUT2D eigenvalue weighted by atomic mass is 19.4. The maximum absolute atomic E-state index is 12.9. The molecular formula is C29H29F3N4O5. The van der Waals surface area contributed by atoms with Crippen LogP contribution in [0.3, 0.4) is 0 Å². The lowest BCUT2D eigenvalue weighted by Gasteiger charge is -2.33. The predicted octanol–water partition coefficient (Wildman–Crippen LogP) is 4.75. The summed E-state index contributed by atoms with van der Waals surface area (Å²) in [6.45, 7) is 1.48. The Bertz CT molecular complexity index is 1530. The summed E-state index contributed by atoms with van der Waals surface area (Å²) >= 11 is 0. The Morgan fingerprint density at radius 2 is 1.71 bits per heavy atom. The number of nitrogens with zero attached hydrogens (tertiary/aromatic N) is 3. The molecule has 2 N–H and O–H groups in total. The van der Waals surface area contributed by atoms with Crippen LogP contribution in [0.2, 0.25) is 0 Å². The van der Waals surface area contributed by atoms with Crippen molar-refractivity contribution in [2.45, 2.75) is 38.5 Å². The summed E-state index contributed by atoms with van der Waals surface area (Å²) < 4.78 is 53.6. The Kier molecular flexibility index (Phi) is 8.20. The van der Waals surface area contributed by atoms with Gasteiger partial charge in [-0.05, 0) is 54.1 Å². The van der Waals surface area contributed by atoms with E-state index in [2.05, 4.69) is 19.9 Å². The van der Waals surface area contributed by atoms with E-state index in [9.17, 15) is 23.1 Å². The quantitative estimate of drug-likeness (QED) is 0.298. The summed E-state index contributed by atoms with van der Waals surface area (Å²) in [7, 11) is 1.50. The van der Waals surface area contributed by atoms with Gasteiger partial charge in [-0.2, -0.15) is 0 Å². The first-order valence-electron chi connectivity index (χ1n) is 13.0. The first-order valence-corrected chi connectivity index (χ1v) is 13.0. The van der Waals surface area contributed by atoms with E-state index in [1.807, 2.05) is 24.3 Å². The van der Waals surface area contributed by atoms with Crippen LogP contribution in [0.25, 0.3) is 5.65 Å². The first-order chi connectivity index (χ1) is 19.7. The zero-order valence-electron chi connectivity index (χ0n) is 22.2. The van der Waals surface area contributed by atoms with Gasteiger partial charge >= 0.3 is 6.36 Å². The van der Waals surface area contributed by atoms with Crippen molar-refractivity contribution in [1.29, 1.82) is 0 Å². The molecule has 216 valence electrons. The largest absolute Gasteiger partial charge is 0.573 e. The van der Waals surface area contributed by atoms with E-state index in [1.165, 1.54) is 35.8 Å². The van der Waals surface area contributed by atoms with Gasteiger partial charge in [0.15, 0.2) is 11.4 Å². The number of halogens is 3. The molecule has 9 nitrogen and oxygen atoms in total. The number of alkyl halides is 3. The first kappa shape index (κ1) is 28.1. The van der Waals surface area contributed by atoms with E-state index < -0.39 is 13.0 Å². The SMILES string of the molecule is COc1cccn2c(=O)c(CO)c(NCc3ccc(N4CCC(Oc5ccc(OC(F)(F)F)cc5)CC4)cc3)nc12. The van der Waals surface area contributed by atoms with Crippen molar-refractivity contribution in [2.24, 2.45) is 0 Å². The summed E-state index contributed by atoms with van der Waals surface area (Å²) in [5, 5.41) is 13.0. The van der Waals surface area contributed by atoms with Crippen LogP contribution < -0.4 is 30.0 Å². The fourth-order valence-electron chi connectivity index (χ4n) is 4.78. The third-order valence-corrected chi connectivity index (χ3v) is 6.85. The van der Waals surface area contributed by atoms with Crippen LogP contribution in [-0.2, 0) is 13.2 Å². The molecule has 2 aromatic heterocycles. The molecule has 3 heterocycles. The summed E-state index contributed by atoms with van der Waals surface area (Å²) in [4.78, 5) is 19.7. The van der Waals surface area contributed by atoms with Crippen molar-refractivity contribution in [3.63, 3.8) is 0 Å². The van der Waals surface area contributed by atoms with Crippen LogP contribution in [0.15, 0.2) is 71.7 Å². The van der Waals surface area contributed by atoms with Crippen molar-refractivity contribution in [1.82, 2.24) is 9.38 Å². The Morgan fingerprint density at radius 3 is 2.34 bits per heavy atom. The molecule has 1 aliphatic rings. The number of methoxy groups -OCH3 is 1. The second kappa shape index (κ2) is 12.0. The third kappa shape index (κ3) is 6.65. The molecule has 0 aliphatic carbocycles. The van der Waals surface area contributed by atoms with Gasteiger partial charge < -0.3 is 29.5 Å². The number of aliphatic hydroxyl groups is 1. The van der Waals surface area contributed by atoms with Crippen LogP contribution in [0, 0.1) is 0 Å². The normalized spacial score (nSPS) is 14.2. The standard InChI is InChI=1S/C29H29F3N4O5/c1-39-25-3-2-14-36-27(25)34-26(24(18-37)28(36)38)33-17-19-4-6-20(7-5-19)35-15-12-22(13-16-35)40-21-8-10-23(11-9-21)41-29(30,31)32/h2-11,14,22,33,37H,12-13,15-18H2,1H3. The summed E-state index contributed by atoms with van der Waals surface area (Å²) in [6, 6.07) is 16.9. The number of piperidine rings is 1. The van der Waals surface area contributed by atoms with Crippen LogP contribution in [0.4, 0.5) is 24.7 Å². The molecule has 1 saturated heterocycles. The highest BCUT2D eigenvalue weighted by Gasteiger charge is 2.31. The minimum absolute atomic E-state index is 0.0398. The molecule has 41 heavy (non-hydrogen) atoms.